The molecule has 4 aromatic rings. The van der Waals surface area contributed by atoms with Gasteiger partial charge in [0.1, 0.15) is 5.69 Å². The summed E-state index contributed by atoms with van der Waals surface area (Å²) >= 11 is 0. The van der Waals surface area contributed by atoms with Crippen molar-refractivity contribution in [3.63, 3.8) is 0 Å². The van der Waals surface area contributed by atoms with Gasteiger partial charge >= 0.3 is 0 Å². The Balaban J connectivity index is 1.74. The van der Waals surface area contributed by atoms with Gasteiger partial charge in [-0.05, 0) is 54.4 Å². The highest BCUT2D eigenvalue weighted by Gasteiger charge is 2.13. The fraction of sp³-hybridized carbons (Fsp3) is 0.167. The molecule has 0 aliphatic rings. The Morgan fingerprint density at radius 2 is 2.03 bits per heavy atom. The smallest absolute Gasteiger partial charge is 0.116 e. The van der Waals surface area contributed by atoms with Crippen LogP contribution in [0.4, 0.5) is 0 Å². The van der Waals surface area contributed by atoms with E-state index in [1.807, 2.05) is 24.5 Å². The minimum Gasteiger partial charge on any atom is -0.357 e. The van der Waals surface area contributed by atoms with Gasteiger partial charge in [-0.1, -0.05) is 37.8 Å². The van der Waals surface area contributed by atoms with Gasteiger partial charge in [0.25, 0.3) is 0 Å². The molecule has 0 spiro atoms. The standard InChI is InChI=1S/C24H25N5/c1-4-6-7-18-12-23(27-16(18)3)24-21-11-19(8-9-22(21)28-29-24)20-10-17(13-25-5-2)14-26-15-20/h4,6-12,14-15,25,27H,1,5,13H2,2-3H3,(H,28,29)/b7-6-. The number of hydrogen-bond acceptors (Lipinski definition) is 3. The van der Waals surface area contributed by atoms with Crippen LogP contribution >= 0.6 is 0 Å². The van der Waals surface area contributed by atoms with E-state index in [0.717, 1.165) is 57.8 Å². The molecule has 3 N–H and O–H groups in total. The normalized spacial score (nSPS) is 11.5. The highest BCUT2D eigenvalue weighted by molar-refractivity contribution is 5.95. The number of H-pyrrole nitrogens is 2. The summed E-state index contributed by atoms with van der Waals surface area (Å²) in [6.07, 6.45) is 9.58. The van der Waals surface area contributed by atoms with Gasteiger partial charge in [-0.15, -0.1) is 0 Å². The Kier molecular flexibility index (Phi) is 5.40. The molecular weight excluding hydrogens is 358 g/mol. The van der Waals surface area contributed by atoms with E-state index >= 15 is 0 Å². The van der Waals surface area contributed by atoms with E-state index in [1.54, 1.807) is 6.08 Å². The van der Waals surface area contributed by atoms with E-state index in [-0.39, 0.29) is 0 Å². The molecule has 0 bridgehead atoms. The van der Waals surface area contributed by atoms with Gasteiger partial charge in [0, 0.05) is 35.6 Å². The quantitative estimate of drug-likeness (QED) is 0.382. The maximum Gasteiger partial charge on any atom is 0.116 e. The number of nitrogens with zero attached hydrogens (tertiary/aromatic N) is 2. The highest BCUT2D eigenvalue weighted by atomic mass is 15.1. The summed E-state index contributed by atoms with van der Waals surface area (Å²) in [5.41, 5.74) is 8.56. The van der Waals surface area contributed by atoms with Crippen LogP contribution < -0.4 is 5.32 Å². The molecule has 3 aromatic heterocycles. The van der Waals surface area contributed by atoms with Gasteiger partial charge in [0.15, 0.2) is 0 Å². The number of rotatable bonds is 7. The third-order valence-corrected chi connectivity index (χ3v) is 4.99. The van der Waals surface area contributed by atoms with Gasteiger partial charge in [-0.25, -0.2) is 0 Å². The van der Waals surface area contributed by atoms with Crippen molar-refractivity contribution in [1.82, 2.24) is 25.5 Å². The lowest BCUT2D eigenvalue weighted by Gasteiger charge is -2.06. The maximum atomic E-state index is 4.57. The second-order valence-electron chi connectivity index (χ2n) is 7.05. The molecule has 4 rings (SSSR count). The predicted octanol–water partition coefficient (Wildman–Crippen LogP) is 5.24. The molecule has 0 amide bonds. The number of hydrogen-bond donors (Lipinski definition) is 3. The van der Waals surface area contributed by atoms with Gasteiger partial charge in [0.05, 0.1) is 11.2 Å². The first-order valence-electron chi connectivity index (χ1n) is 9.82. The third-order valence-electron chi connectivity index (χ3n) is 4.99. The van der Waals surface area contributed by atoms with Crippen molar-refractivity contribution in [3.8, 4) is 22.5 Å². The highest BCUT2D eigenvalue weighted by Crippen LogP contribution is 2.31. The molecular formula is C24H25N5. The lowest BCUT2D eigenvalue weighted by Crippen LogP contribution is -2.11. The minimum atomic E-state index is 0.819. The molecule has 29 heavy (non-hydrogen) atoms. The molecule has 0 fully saturated rings. The molecule has 146 valence electrons. The van der Waals surface area contributed by atoms with Crippen LogP contribution in [0.25, 0.3) is 39.5 Å². The van der Waals surface area contributed by atoms with Crippen molar-refractivity contribution in [1.29, 1.82) is 0 Å². The van der Waals surface area contributed by atoms with Crippen LogP contribution in [-0.2, 0) is 6.54 Å². The summed E-state index contributed by atoms with van der Waals surface area (Å²) in [5, 5.41) is 12.1. The number of aromatic nitrogens is 4. The zero-order valence-electron chi connectivity index (χ0n) is 16.8. The van der Waals surface area contributed by atoms with Crippen LogP contribution in [0.2, 0.25) is 0 Å². The van der Waals surface area contributed by atoms with Crippen LogP contribution in [0.1, 0.15) is 23.7 Å². The molecule has 0 atom stereocenters. The summed E-state index contributed by atoms with van der Waals surface area (Å²) in [5.74, 6) is 0. The number of benzene rings is 1. The molecule has 0 radical (unpaired) electrons. The number of fused-ring (bicyclic) bond motifs is 1. The molecule has 3 heterocycles. The Bertz CT molecular complexity index is 1180. The van der Waals surface area contributed by atoms with Crippen LogP contribution in [0.15, 0.2) is 61.5 Å². The zero-order chi connectivity index (χ0) is 20.2. The second-order valence-corrected chi connectivity index (χ2v) is 7.05. The van der Waals surface area contributed by atoms with Crippen molar-refractivity contribution in [2.75, 3.05) is 6.54 Å². The SMILES string of the molecule is C=C/C=C\c1cc(-c2n[nH]c3ccc(-c4cncc(CNCC)c4)cc23)[nH]c1C. The van der Waals surface area contributed by atoms with Crippen LogP contribution in [0.3, 0.4) is 0 Å². The van der Waals surface area contributed by atoms with Crippen molar-refractivity contribution >= 4 is 17.0 Å². The van der Waals surface area contributed by atoms with E-state index in [4.69, 9.17) is 0 Å². The van der Waals surface area contributed by atoms with Crippen LogP contribution in [0.5, 0.6) is 0 Å². The van der Waals surface area contributed by atoms with Crippen molar-refractivity contribution in [2.24, 2.45) is 0 Å². The first kappa shape index (κ1) is 18.9. The minimum absolute atomic E-state index is 0.819. The van der Waals surface area contributed by atoms with Gasteiger partial charge in [-0.3, -0.25) is 10.1 Å². The van der Waals surface area contributed by atoms with E-state index in [9.17, 15) is 0 Å². The van der Waals surface area contributed by atoms with Gasteiger partial charge in [0.2, 0.25) is 0 Å². The summed E-state index contributed by atoms with van der Waals surface area (Å²) in [6.45, 7) is 9.67. The fourth-order valence-corrected chi connectivity index (χ4v) is 3.46. The van der Waals surface area contributed by atoms with Crippen molar-refractivity contribution in [2.45, 2.75) is 20.4 Å². The monoisotopic (exact) mass is 383 g/mol. The van der Waals surface area contributed by atoms with Gasteiger partial charge in [-0.2, -0.15) is 5.10 Å². The predicted molar refractivity (Wildman–Crippen MR) is 120 cm³/mol. The summed E-state index contributed by atoms with van der Waals surface area (Å²) < 4.78 is 0. The second kappa shape index (κ2) is 8.29. The first-order chi connectivity index (χ1) is 14.2. The maximum absolute atomic E-state index is 4.57. The molecule has 0 saturated carbocycles. The van der Waals surface area contributed by atoms with Crippen molar-refractivity contribution in [3.05, 3.63) is 78.3 Å². The molecule has 5 nitrogen and oxygen atoms in total. The Hall–Kier alpha value is -3.44. The lowest BCUT2D eigenvalue weighted by atomic mass is 10.0. The summed E-state index contributed by atoms with van der Waals surface area (Å²) in [6, 6.07) is 10.7. The summed E-state index contributed by atoms with van der Waals surface area (Å²) in [7, 11) is 0. The number of nitrogens with one attached hydrogen (secondary N) is 3. The fourth-order valence-electron chi connectivity index (χ4n) is 3.46. The molecule has 1 aromatic carbocycles. The largest absolute Gasteiger partial charge is 0.357 e. The number of aromatic amines is 2. The third kappa shape index (κ3) is 3.91. The first-order valence-corrected chi connectivity index (χ1v) is 9.82. The van der Waals surface area contributed by atoms with E-state index in [1.165, 1.54) is 5.56 Å². The summed E-state index contributed by atoms with van der Waals surface area (Å²) in [4.78, 5) is 7.87. The van der Waals surface area contributed by atoms with Crippen LogP contribution in [0, 0.1) is 6.92 Å². The van der Waals surface area contributed by atoms with E-state index in [2.05, 4.69) is 76.2 Å². The number of allylic oxidation sites excluding steroid dienone is 2. The molecule has 5 heteroatoms. The Morgan fingerprint density at radius 3 is 2.86 bits per heavy atom. The van der Waals surface area contributed by atoms with Crippen LogP contribution in [-0.4, -0.2) is 26.7 Å². The topological polar surface area (TPSA) is 69.4 Å². The van der Waals surface area contributed by atoms with Gasteiger partial charge < -0.3 is 10.3 Å². The van der Waals surface area contributed by atoms with E-state index in [0.29, 0.717) is 0 Å². The average molecular weight is 383 g/mol. The number of pyridine rings is 1. The van der Waals surface area contributed by atoms with Crippen molar-refractivity contribution < 1.29 is 0 Å². The zero-order valence-corrected chi connectivity index (χ0v) is 16.8. The molecule has 0 unspecified atom stereocenters. The molecule has 0 saturated heterocycles. The molecule has 0 aliphatic heterocycles. The average Bonchev–Trinajstić information content (AvgIpc) is 3.33. The Morgan fingerprint density at radius 1 is 1.14 bits per heavy atom. The van der Waals surface area contributed by atoms with E-state index < -0.39 is 0 Å². The Labute approximate surface area is 170 Å². The number of aryl methyl sites for hydroxylation is 1. The lowest BCUT2D eigenvalue weighted by molar-refractivity contribution is 0.724. The molecule has 0 aliphatic carbocycles.